The summed E-state index contributed by atoms with van der Waals surface area (Å²) in [5.41, 5.74) is -1.73. The lowest BCUT2D eigenvalue weighted by Gasteiger charge is -2.30. The molecule has 14 heavy (non-hydrogen) atoms. The van der Waals surface area contributed by atoms with Crippen LogP contribution in [0.3, 0.4) is 0 Å². The van der Waals surface area contributed by atoms with Crippen LogP contribution in [-0.2, 0) is 14.3 Å². The predicted molar refractivity (Wildman–Crippen MR) is 48.2 cm³/mol. The molecule has 0 bridgehead atoms. The van der Waals surface area contributed by atoms with Crippen LogP contribution in [0.4, 0.5) is 0 Å². The number of hydrogen-bond donors (Lipinski definition) is 1. The first-order chi connectivity index (χ1) is 6.56. The summed E-state index contributed by atoms with van der Waals surface area (Å²) in [6.07, 6.45) is 1.15. The molecule has 0 aromatic heterocycles. The monoisotopic (exact) mass is 201 g/mol. The quantitative estimate of drug-likeness (QED) is 0.632. The van der Waals surface area contributed by atoms with Gasteiger partial charge in [-0.3, -0.25) is 4.79 Å². The maximum Gasteiger partial charge on any atom is 0.359 e. The number of esters is 1. The highest BCUT2D eigenvalue weighted by Gasteiger charge is 2.48. The molecule has 1 N–H and O–H groups in total. The van der Waals surface area contributed by atoms with Crippen molar-refractivity contribution < 1.29 is 19.4 Å². The van der Waals surface area contributed by atoms with Crippen molar-refractivity contribution in [1.82, 2.24) is 4.90 Å². The molecule has 0 saturated carbocycles. The molecule has 1 heterocycles. The first kappa shape index (κ1) is 11.0. The molecule has 0 spiro atoms. The average molecular weight is 201 g/mol. The zero-order chi connectivity index (χ0) is 10.8. The third-order valence-electron chi connectivity index (χ3n) is 2.47. The number of rotatable bonds is 2. The Morgan fingerprint density at radius 2 is 2.21 bits per heavy atom. The molecule has 1 aliphatic heterocycles. The maximum atomic E-state index is 11.4. The van der Waals surface area contributed by atoms with Crippen molar-refractivity contribution in [2.24, 2.45) is 0 Å². The van der Waals surface area contributed by atoms with Crippen LogP contribution in [0.15, 0.2) is 0 Å². The number of amides is 1. The van der Waals surface area contributed by atoms with Crippen molar-refractivity contribution in [2.75, 3.05) is 13.7 Å². The highest BCUT2D eigenvalue weighted by atomic mass is 16.5. The summed E-state index contributed by atoms with van der Waals surface area (Å²) >= 11 is 0. The minimum Gasteiger partial charge on any atom is -0.465 e. The molecule has 1 unspecified atom stereocenters. The van der Waals surface area contributed by atoms with Gasteiger partial charge in [-0.1, -0.05) is 6.92 Å². The van der Waals surface area contributed by atoms with Crippen LogP contribution in [-0.4, -0.2) is 41.3 Å². The Balaban J connectivity index is 2.86. The van der Waals surface area contributed by atoms with Crippen molar-refractivity contribution in [3.05, 3.63) is 0 Å². The third-order valence-corrected chi connectivity index (χ3v) is 2.47. The number of aliphatic hydroxyl groups is 1. The summed E-state index contributed by atoms with van der Waals surface area (Å²) in [5, 5.41) is 9.95. The minimum atomic E-state index is -1.73. The SMILES string of the molecule is CCC(=O)N1CCCC1(O)C(=O)OC. The summed E-state index contributed by atoms with van der Waals surface area (Å²) in [7, 11) is 1.20. The second-order valence-electron chi connectivity index (χ2n) is 3.31. The van der Waals surface area contributed by atoms with Crippen LogP contribution in [0.2, 0.25) is 0 Å². The first-order valence-electron chi connectivity index (χ1n) is 4.67. The Morgan fingerprint density at radius 3 is 2.71 bits per heavy atom. The molecule has 1 fully saturated rings. The zero-order valence-electron chi connectivity index (χ0n) is 8.45. The van der Waals surface area contributed by atoms with Gasteiger partial charge in [-0.05, 0) is 6.42 Å². The van der Waals surface area contributed by atoms with Crippen LogP contribution in [0.25, 0.3) is 0 Å². The molecule has 1 rings (SSSR count). The summed E-state index contributed by atoms with van der Waals surface area (Å²) in [6, 6.07) is 0. The second kappa shape index (κ2) is 3.96. The summed E-state index contributed by atoms with van der Waals surface area (Å²) in [6.45, 7) is 2.11. The molecular weight excluding hydrogens is 186 g/mol. The van der Waals surface area contributed by atoms with Gasteiger partial charge in [-0.25, -0.2) is 4.79 Å². The van der Waals surface area contributed by atoms with Crippen molar-refractivity contribution in [1.29, 1.82) is 0 Å². The van der Waals surface area contributed by atoms with Gasteiger partial charge in [0.2, 0.25) is 11.6 Å². The number of methoxy groups -OCH3 is 1. The highest BCUT2D eigenvalue weighted by molar-refractivity contribution is 5.87. The highest BCUT2D eigenvalue weighted by Crippen LogP contribution is 2.28. The molecule has 1 saturated heterocycles. The molecule has 80 valence electrons. The zero-order valence-corrected chi connectivity index (χ0v) is 8.45. The standard InChI is InChI=1S/C9H15NO4/c1-3-7(11)10-6-4-5-9(10,13)8(12)14-2/h13H,3-6H2,1-2H3. The lowest BCUT2D eigenvalue weighted by molar-refractivity contribution is -0.185. The topological polar surface area (TPSA) is 66.8 Å². The third kappa shape index (κ3) is 1.59. The number of hydrogen-bond acceptors (Lipinski definition) is 4. The average Bonchev–Trinajstić information content (AvgIpc) is 2.59. The lowest BCUT2D eigenvalue weighted by atomic mass is 10.1. The second-order valence-corrected chi connectivity index (χ2v) is 3.31. The largest absolute Gasteiger partial charge is 0.465 e. The number of carbonyl (C=O) groups is 2. The number of carbonyl (C=O) groups excluding carboxylic acids is 2. The summed E-state index contributed by atoms with van der Waals surface area (Å²) in [5.74, 6) is -0.979. The normalized spacial score (nSPS) is 26.4. The van der Waals surface area contributed by atoms with Crippen LogP contribution in [0.5, 0.6) is 0 Å². The van der Waals surface area contributed by atoms with E-state index in [4.69, 9.17) is 0 Å². The Hall–Kier alpha value is -1.10. The van der Waals surface area contributed by atoms with Gasteiger partial charge < -0.3 is 14.7 Å². The molecule has 1 amide bonds. The fraction of sp³-hybridized carbons (Fsp3) is 0.778. The van der Waals surface area contributed by atoms with Gasteiger partial charge in [0.05, 0.1) is 7.11 Å². The molecule has 1 atom stereocenters. The Bertz CT molecular complexity index is 253. The maximum absolute atomic E-state index is 11.4. The van der Waals surface area contributed by atoms with Gasteiger partial charge in [0.15, 0.2) is 0 Å². The van der Waals surface area contributed by atoms with Crippen molar-refractivity contribution in [3.8, 4) is 0 Å². The van der Waals surface area contributed by atoms with Gasteiger partial charge in [0.1, 0.15) is 0 Å². The van der Waals surface area contributed by atoms with E-state index in [1.54, 1.807) is 6.92 Å². The van der Waals surface area contributed by atoms with E-state index in [0.29, 0.717) is 13.0 Å². The molecule has 1 aliphatic rings. The first-order valence-corrected chi connectivity index (χ1v) is 4.67. The number of likely N-dealkylation sites (tertiary alicyclic amines) is 1. The van der Waals surface area contributed by atoms with Crippen LogP contribution in [0.1, 0.15) is 26.2 Å². The molecule has 5 heteroatoms. The van der Waals surface area contributed by atoms with Gasteiger partial charge >= 0.3 is 5.97 Å². The van der Waals surface area contributed by atoms with E-state index >= 15 is 0 Å². The Kier molecular flexibility index (Phi) is 3.10. The van der Waals surface area contributed by atoms with Gasteiger partial charge in [-0.2, -0.15) is 0 Å². The predicted octanol–water partition coefficient (Wildman–Crippen LogP) is -0.120. The minimum absolute atomic E-state index is 0.226. The molecular formula is C9H15NO4. The van der Waals surface area contributed by atoms with E-state index in [1.807, 2.05) is 0 Å². The van der Waals surface area contributed by atoms with E-state index in [9.17, 15) is 14.7 Å². The number of ether oxygens (including phenoxy) is 1. The van der Waals surface area contributed by atoms with Crippen molar-refractivity contribution in [3.63, 3.8) is 0 Å². The summed E-state index contributed by atoms with van der Waals surface area (Å²) in [4.78, 5) is 23.9. The smallest absolute Gasteiger partial charge is 0.359 e. The van der Waals surface area contributed by atoms with Crippen LogP contribution >= 0.6 is 0 Å². The Labute approximate surface area is 82.6 Å². The fourth-order valence-electron chi connectivity index (χ4n) is 1.70. The molecule has 0 aliphatic carbocycles. The fourth-order valence-corrected chi connectivity index (χ4v) is 1.70. The molecule has 0 aromatic rings. The van der Waals surface area contributed by atoms with Gasteiger partial charge in [0, 0.05) is 19.4 Å². The Morgan fingerprint density at radius 1 is 1.57 bits per heavy atom. The van der Waals surface area contributed by atoms with E-state index in [2.05, 4.69) is 4.74 Å². The van der Waals surface area contributed by atoms with E-state index in [1.165, 1.54) is 12.0 Å². The van der Waals surface area contributed by atoms with Crippen molar-refractivity contribution in [2.45, 2.75) is 31.9 Å². The molecule has 0 radical (unpaired) electrons. The summed E-state index contributed by atoms with van der Waals surface area (Å²) < 4.78 is 4.48. The van der Waals surface area contributed by atoms with E-state index < -0.39 is 11.7 Å². The van der Waals surface area contributed by atoms with E-state index in [-0.39, 0.29) is 18.7 Å². The van der Waals surface area contributed by atoms with Crippen LogP contribution < -0.4 is 0 Å². The van der Waals surface area contributed by atoms with Gasteiger partial charge in [-0.15, -0.1) is 0 Å². The number of nitrogens with zero attached hydrogens (tertiary/aromatic N) is 1. The molecule has 5 nitrogen and oxygen atoms in total. The van der Waals surface area contributed by atoms with Crippen molar-refractivity contribution >= 4 is 11.9 Å². The van der Waals surface area contributed by atoms with E-state index in [0.717, 1.165) is 0 Å². The van der Waals surface area contributed by atoms with Gasteiger partial charge in [0.25, 0.3) is 0 Å². The lowest BCUT2D eigenvalue weighted by Crippen LogP contribution is -2.53. The molecule has 0 aromatic carbocycles. The van der Waals surface area contributed by atoms with Crippen LogP contribution in [0, 0.1) is 0 Å².